The molecule has 0 aromatic heterocycles. The molecular formula is C15H26N2O3. The molecule has 114 valence electrons. The summed E-state index contributed by atoms with van der Waals surface area (Å²) < 4.78 is 5.35. The lowest BCUT2D eigenvalue weighted by molar-refractivity contribution is -0.150. The maximum absolute atomic E-state index is 11.6. The van der Waals surface area contributed by atoms with E-state index in [4.69, 9.17) is 4.74 Å². The van der Waals surface area contributed by atoms with Crippen molar-refractivity contribution in [3.8, 4) is 0 Å². The molecule has 1 unspecified atom stereocenters. The maximum atomic E-state index is 11.6. The molecule has 2 heterocycles. The fraction of sp³-hybridized carbons (Fsp3) is 0.933. The van der Waals surface area contributed by atoms with Crippen molar-refractivity contribution < 1.29 is 14.6 Å². The number of carboxylic acid groups (broad SMARTS) is 1. The highest BCUT2D eigenvalue weighted by Crippen LogP contribution is 2.31. The highest BCUT2D eigenvalue weighted by Gasteiger charge is 2.44. The fourth-order valence-electron chi connectivity index (χ4n) is 3.95. The minimum atomic E-state index is -0.687. The molecule has 0 amide bonds. The predicted octanol–water partition coefficient (Wildman–Crippen LogP) is 1.04. The second kappa shape index (κ2) is 6.00. The van der Waals surface area contributed by atoms with Gasteiger partial charge in [-0.3, -0.25) is 14.6 Å². The Kier molecular flexibility index (Phi) is 4.29. The van der Waals surface area contributed by atoms with Gasteiger partial charge in [-0.1, -0.05) is 12.8 Å². The Morgan fingerprint density at radius 1 is 1.20 bits per heavy atom. The van der Waals surface area contributed by atoms with Crippen LogP contribution in [0.25, 0.3) is 0 Å². The molecule has 0 radical (unpaired) electrons. The summed E-state index contributed by atoms with van der Waals surface area (Å²) >= 11 is 0. The zero-order chi connectivity index (χ0) is 14.0. The van der Waals surface area contributed by atoms with Crippen molar-refractivity contribution >= 4 is 5.97 Å². The summed E-state index contributed by atoms with van der Waals surface area (Å²) in [5, 5.41) is 9.50. The van der Waals surface area contributed by atoms with E-state index < -0.39 is 11.4 Å². The van der Waals surface area contributed by atoms with Crippen molar-refractivity contribution in [2.45, 2.75) is 38.1 Å². The fourth-order valence-corrected chi connectivity index (χ4v) is 3.95. The number of nitrogens with zero attached hydrogens (tertiary/aromatic N) is 2. The van der Waals surface area contributed by atoms with E-state index in [9.17, 15) is 9.90 Å². The number of piperazine rings is 1. The lowest BCUT2D eigenvalue weighted by Gasteiger charge is -2.40. The van der Waals surface area contributed by atoms with Crippen LogP contribution < -0.4 is 0 Å². The van der Waals surface area contributed by atoms with Crippen molar-refractivity contribution in [3.63, 3.8) is 0 Å². The first-order chi connectivity index (χ1) is 9.70. The Bertz CT molecular complexity index is 341. The van der Waals surface area contributed by atoms with E-state index in [2.05, 4.69) is 9.80 Å². The molecule has 0 spiro atoms. The summed E-state index contributed by atoms with van der Waals surface area (Å²) in [6.45, 7) is 5.83. The first-order valence-electron chi connectivity index (χ1n) is 7.97. The standard InChI is InChI=1S/C15H26N2O3/c18-14(19)15(5-10-20-12-15)11-16-6-8-17(9-7-16)13-3-1-2-4-13/h13H,1-12H2,(H,18,19). The molecule has 1 N–H and O–H groups in total. The van der Waals surface area contributed by atoms with Gasteiger partial charge in [-0.2, -0.15) is 0 Å². The van der Waals surface area contributed by atoms with E-state index >= 15 is 0 Å². The minimum Gasteiger partial charge on any atom is -0.481 e. The van der Waals surface area contributed by atoms with Crippen molar-refractivity contribution in [1.82, 2.24) is 9.80 Å². The highest BCUT2D eigenvalue weighted by molar-refractivity contribution is 5.75. The summed E-state index contributed by atoms with van der Waals surface area (Å²) in [5.74, 6) is -0.687. The average Bonchev–Trinajstić information content (AvgIpc) is 3.11. The Morgan fingerprint density at radius 3 is 2.45 bits per heavy atom. The third-order valence-corrected chi connectivity index (χ3v) is 5.33. The molecule has 5 nitrogen and oxygen atoms in total. The summed E-state index contributed by atoms with van der Waals surface area (Å²) in [6.07, 6.45) is 6.12. The van der Waals surface area contributed by atoms with E-state index in [1.54, 1.807) is 0 Å². The summed E-state index contributed by atoms with van der Waals surface area (Å²) in [7, 11) is 0. The van der Waals surface area contributed by atoms with Gasteiger partial charge in [0.1, 0.15) is 5.41 Å². The number of ether oxygens (including phenoxy) is 1. The second-order valence-corrected chi connectivity index (χ2v) is 6.64. The Labute approximate surface area is 120 Å². The third-order valence-electron chi connectivity index (χ3n) is 5.33. The van der Waals surface area contributed by atoms with Crippen LogP contribution in [0.2, 0.25) is 0 Å². The molecule has 0 aromatic carbocycles. The Balaban J connectivity index is 1.51. The van der Waals surface area contributed by atoms with Crippen LogP contribution in [0, 0.1) is 5.41 Å². The van der Waals surface area contributed by atoms with Gasteiger partial charge in [0, 0.05) is 45.4 Å². The number of hydrogen-bond acceptors (Lipinski definition) is 4. The molecule has 3 aliphatic rings. The molecule has 0 aromatic rings. The first-order valence-corrected chi connectivity index (χ1v) is 7.97. The molecule has 1 atom stereocenters. The lowest BCUT2D eigenvalue weighted by Crippen LogP contribution is -2.53. The van der Waals surface area contributed by atoms with E-state index in [0.29, 0.717) is 26.2 Å². The molecule has 3 fully saturated rings. The molecule has 5 heteroatoms. The number of aliphatic carboxylic acids is 1. The van der Waals surface area contributed by atoms with Gasteiger partial charge in [0.2, 0.25) is 0 Å². The topological polar surface area (TPSA) is 53.0 Å². The lowest BCUT2D eigenvalue weighted by atomic mass is 9.86. The zero-order valence-corrected chi connectivity index (χ0v) is 12.2. The normalized spacial score (nSPS) is 33.8. The van der Waals surface area contributed by atoms with Crippen LogP contribution in [0.5, 0.6) is 0 Å². The predicted molar refractivity (Wildman–Crippen MR) is 75.8 cm³/mol. The van der Waals surface area contributed by atoms with Crippen LogP contribution in [0.3, 0.4) is 0 Å². The highest BCUT2D eigenvalue weighted by atomic mass is 16.5. The summed E-state index contributed by atoms with van der Waals surface area (Å²) in [5.41, 5.74) is -0.657. The van der Waals surface area contributed by atoms with Crippen LogP contribution in [0.4, 0.5) is 0 Å². The summed E-state index contributed by atoms with van der Waals surface area (Å²) in [6, 6.07) is 0.792. The Hall–Kier alpha value is -0.650. The van der Waals surface area contributed by atoms with Crippen LogP contribution in [-0.2, 0) is 9.53 Å². The van der Waals surface area contributed by atoms with E-state index in [1.165, 1.54) is 25.7 Å². The number of hydrogen-bond donors (Lipinski definition) is 1. The molecule has 3 rings (SSSR count). The molecule has 0 bridgehead atoms. The molecule has 2 saturated heterocycles. The van der Waals surface area contributed by atoms with Crippen LogP contribution in [-0.4, -0.2) is 72.9 Å². The van der Waals surface area contributed by atoms with Crippen molar-refractivity contribution in [2.24, 2.45) is 5.41 Å². The molecule has 1 saturated carbocycles. The van der Waals surface area contributed by atoms with Crippen LogP contribution in [0.1, 0.15) is 32.1 Å². The van der Waals surface area contributed by atoms with E-state index in [0.717, 1.165) is 32.2 Å². The maximum Gasteiger partial charge on any atom is 0.313 e. The van der Waals surface area contributed by atoms with Crippen molar-refractivity contribution in [2.75, 3.05) is 45.9 Å². The zero-order valence-electron chi connectivity index (χ0n) is 12.2. The van der Waals surface area contributed by atoms with E-state index in [-0.39, 0.29) is 0 Å². The van der Waals surface area contributed by atoms with Gasteiger partial charge in [-0.25, -0.2) is 0 Å². The van der Waals surface area contributed by atoms with Crippen LogP contribution in [0.15, 0.2) is 0 Å². The molecule has 2 aliphatic heterocycles. The molecular weight excluding hydrogens is 256 g/mol. The molecule has 20 heavy (non-hydrogen) atoms. The molecule has 1 aliphatic carbocycles. The second-order valence-electron chi connectivity index (χ2n) is 6.64. The van der Waals surface area contributed by atoms with Gasteiger partial charge >= 0.3 is 5.97 Å². The third kappa shape index (κ3) is 2.85. The average molecular weight is 282 g/mol. The minimum absolute atomic E-state index is 0.380. The van der Waals surface area contributed by atoms with Gasteiger partial charge in [-0.05, 0) is 19.3 Å². The smallest absolute Gasteiger partial charge is 0.313 e. The SMILES string of the molecule is O=C(O)C1(CN2CCN(C3CCCC3)CC2)CCOC1. The van der Waals surface area contributed by atoms with Crippen LogP contribution >= 0.6 is 0 Å². The monoisotopic (exact) mass is 282 g/mol. The van der Waals surface area contributed by atoms with Crippen molar-refractivity contribution in [1.29, 1.82) is 0 Å². The number of carbonyl (C=O) groups is 1. The number of carboxylic acids is 1. The van der Waals surface area contributed by atoms with Gasteiger partial charge < -0.3 is 9.84 Å². The van der Waals surface area contributed by atoms with E-state index in [1.807, 2.05) is 0 Å². The number of rotatable bonds is 4. The summed E-state index contributed by atoms with van der Waals surface area (Å²) in [4.78, 5) is 16.5. The first kappa shape index (κ1) is 14.3. The van der Waals surface area contributed by atoms with Gasteiger partial charge in [0.15, 0.2) is 0 Å². The van der Waals surface area contributed by atoms with Gasteiger partial charge in [0.05, 0.1) is 6.61 Å². The van der Waals surface area contributed by atoms with Gasteiger partial charge in [-0.15, -0.1) is 0 Å². The largest absolute Gasteiger partial charge is 0.481 e. The van der Waals surface area contributed by atoms with Gasteiger partial charge in [0.25, 0.3) is 0 Å². The van der Waals surface area contributed by atoms with Crippen molar-refractivity contribution in [3.05, 3.63) is 0 Å². The Morgan fingerprint density at radius 2 is 1.90 bits per heavy atom. The quantitative estimate of drug-likeness (QED) is 0.835.